The number of amides is 1. The van der Waals surface area contributed by atoms with Gasteiger partial charge in [-0.3, -0.25) is 4.79 Å². The smallest absolute Gasteiger partial charge is 0.236 e. The molecule has 1 aliphatic heterocycles. The van der Waals surface area contributed by atoms with Crippen LogP contribution in [0.4, 0.5) is 5.69 Å². The summed E-state index contributed by atoms with van der Waals surface area (Å²) in [5, 5.41) is 0.524. The summed E-state index contributed by atoms with van der Waals surface area (Å²) < 4.78 is 0. The maximum atomic E-state index is 12.2. The molecule has 2 aromatic carbocycles. The van der Waals surface area contributed by atoms with Crippen LogP contribution in [0.25, 0.3) is 0 Å². The van der Waals surface area contributed by atoms with Crippen LogP contribution in [-0.4, -0.2) is 13.0 Å². The summed E-state index contributed by atoms with van der Waals surface area (Å²) in [6, 6.07) is 15.5. The number of benzene rings is 2. The zero-order chi connectivity index (χ0) is 14.1. The first-order valence-electron chi connectivity index (χ1n) is 6.20. The Morgan fingerprint density at radius 1 is 1.20 bits per heavy atom. The Labute approximate surface area is 127 Å². The summed E-state index contributed by atoms with van der Waals surface area (Å²) >= 11 is 7.65. The highest BCUT2D eigenvalue weighted by Crippen LogP contribution is 2.44. The Morgan fingerprint density at radius 3 is 2.80 bits per heavy atom. The standard InChI is InChI=1S/C16H12ClNOS/c1-18-13-7-2-3-8-14(13)20-15(10-16(18)19)11-5-4-6-12(17)9-11/h2-9,15H,1H3/t15-/m1/s1. The fourth-order valence-electron chi connectivity index (χ4n) is 2.13. The Bertz CT molecular complexity index is 658. The molecule has 2 nitrogen and oxygen atoms in total. The number of carbonyl (C=O) groups excluding carboxylic acids is 1. The number of halogens is 1. The lowest BCUT2D eigenvalue weighted by molar-refractivity contribution is -0.115. The second-order valence-corrected chi connectivity index (χ2v) is 6.11. The van der Waals surface area contributed by atoms with Gasteiger partial charge in [-0.1, -0.05) is 35.9 Å². The summed E-state index contributed by atoms with van der Waals surface area (Å²) in [5.74, 6) is -0.118. The van der Waals surface area contributed by atoms with E-state index in [1.165, 1.54) is 0 Å². The molecule has 0 unspecified atom stereocenters. The van der Waals surface area contributed by atoms with Gasteiger partial charge in [-0.2, -0.15) is 0 Å². The molecule has 1 heterocycles. The zero-order valence-electron chi connectivity index (χ0n) is 10.8. The van der Waals surface area contributed by atoms with Crippen LogP contribution in [0, 0.1) is 6.42 Å². The summed E-state index contributed by atoms with van der Waals surface area (Å²) in [6.45, 7) is 0. The van der Waals surface area contributed by atoms with Crippen LogP contribution in [0.1, 0.15) is 10.8 Å². The number of para-hydroxylation sites is 1. The van der Waals surface area contributed by atoms with Crippen LogP contribution in [0.5, 0.6) is 0 Å². The molecule has 3 rings (SSSR count). The molecule has 1 aliphatic rings. The molecular weight excluding hydrogens is 290 g/mol. The lowest BCUT2D eigenvalue weighted by Crippen LogP contribution is -2.26. The van der Waals surface area contributed by atoms with E-state index in [0.717, 1.165) is 16.1 Å². The molecule has 0 saturated heterocycles. The minimum Gasteiger partial charge on any atom is -0.314 e. The van der Waals surface area contributed by atoms with Gasteiger partial charge in [0.2, 0.25) is 5.91 Å². The Kier molecular flexibility index (Phi) is 3.72. The highest BCUT2D eigenvalue weighted by molar-refractivity contribution is 7.99. The van der Waals surface area contributed by atoms with Crippen LogP contribution >= 0.6 is 23.4 Å². The van der Waals surface area contributed by atoms with Crippen LogP contribution in [0.2, 0.25) is 5.02 Å². The van der Waals surface area contributed by atoms with E-state index < -0.39 is 0 Å². The predicted molar refractivity (Wildman–Crippen MR) is 83.1 cm³/mol. The molecule has 20 heavy (non-hydrogen) atoms. The minimum atomic E-state index is -0.146. The van der Waals surface area contributed by atoms with Crippen molar-refractivity contribution in [1.82, 2.24) is 0 Å². The molecule has 0 saturated carbocycles. The molecular formula is C16H12ClNOS. The van der Waals surface area contributed by atoms with Crippen LogP contribution < -0.4 is 4.90 Å². The van der Waals surface area contributed by atoms with E-state index in [1.807, 2.05) is 48.5 Å². The SMILES string of the molecule is CN1C(=O)[C][C@H](c2cccc(Cl)c2)Sc2ccccc21. The normalized spacial score (nSPS) is 18.6. The first-order valence-corrected chi connectivity index (χ1v) is 7.46. The lowest BCUT2D eigenvalue weighted by atomic mass is 10.1. The topological polar surface area (TPSA) is 20.3 Å². The number of fused-ring (bicyclic) bond motifs is 1. The number of hydrogen-bond acceptors (Lipinski definition) is 2. The largest absolute Gasteiger partial charge is 0.314 e. The third-order valence-corrected chi connectivity index (χ3v) is 4.64. The lowest BCUT2D eigenvalue weighted by Gasteiger charge is -2.15. The first kappa shape index (κ1) is 13.5. The highest BCUT2D eigenvalue weighted by atomic mass is 35.5. The molecule has 100 valence electrons. The molecule has 2 radical (unpaired) electrons. The van der Waals surface area contributed by atoms with Crippen molar-refractivity contribution < 1.29 is 4.79 Å². The van der Waals surface area contributed by atoms with Gasteiger partial charge in [0.05, 0.1) is 17.4 Å². The van der Waals surface area contributed by atoms with E-state index in [1.54, 1.807) is 23.7 Å². The molecule has 0 aliphatic carbocycles. The quantitative estimate of drug-likeness (QED) is 0.785. The average Bonchev–Trinajstić information content (AvgIpc) is 2.58. The third-order valence-electron chi connectivity index (χ3n) is 3.18. The maximum absolute atomic E-state index is 12.2. The second kappa shape index (κ2) is 5.51. The predicted octanol–water partition coefficient (Wildman–Crippen LogP) is 4.23. The number of rotatable bonds is 1. The Morgan fingerprint density at radius 2 is 2.00 bits per heavy atom. The summed E-state index contributed by atoms with van der Waals surface area (Å²) in [7, 11) is 1.77. The number of thioether (sulfide) groups is 1. The van der Waals surface area contributed by atoms with Crippen LogP contribution in [0.3, 0.4) is 0 Å². The monoisotopic (exact) mass is 301 g/mol. The van der Waals surface area contributed by atoms with Gasteiger partial charge >= 0.3 is 0 Å². The molecule has 1 amide bonds. The van der Waals surface area contributed by atoms with Gasteiger partial charge < -0.3 is 4.90 Å². The number of anilines is 1. The molecule has 4 heteroatoms. The molecule has 0 bridgehead atoms. The Hall–Kier alpha value is -1.45. The second-order valence-electron chi connectivity index (χ2n) is 4.53. The summed E-state index contributed by atoms with van der Waals surface area (Å²) in [5.41, 5.74) is 1.90. The van der Waals surface area contributed by atoms with Crippen LogP contribution in [0.15, 0.2) is 53.4 Å². The Balaban J connectivity index is 2.02. The third kappa shape index (κ3) is 2.56. The summed E-state index contributed by atoms with van der Waals surface area (Å²) in [6.07, 6.45) is 3.01. The van der Waals surface area contributed by atoms with Gasteiger partial charge in [0.1, 0.15) is 0 Å². The zero-order valence-corrected chi connectivity index (χ0v) is 12.4. The average molecular weight is 302 g/mol. The van der Waals surface area contributed by atoms with Crippen molar-refractivity contribution in [2.75, 3.05) is 11.9 Å². The molecule has 0 N–H and O–H groups in total. The van der Waals surface area contributed by atoms with E-state index in [-0.39, 0.29) is 11.2 Å². The van der Waals surface area contributed by atoms with Crippen molar-refractivity contribution in [2.45, 2.75) is 10.1 Å². The van der Waals surface area contributed by atoms with Gasteiger partial charge in [0.15, 0.2) is 0 Å². The van der Waals surface area contributed by atoms with E-state index >= 15 is 0 Å². The van der Waals surface area contributed by atoms with Gasteiger partial charge in [0.25, 0.3) is 0 Å². The van der Waals surface area contributed by atoms with Gasteiger partial charge in [-0.05, 0) is 29.8 Å². The molecule has 2 aromatic rings. The van der Waals surface area contributed by atoms with Crippen molar-refractivity contribution in [2.24, 2.45) is 0 Å². The highest BCUT2D eigenvalue weighted by Gasteiger charge is 2.27. The van der Waals surface area contributed by atoms with Crippen molar-refractivity contribution >= 4 is 35.0 Å². The van der Waals surface area contributed by atoms with Gasteiger partial charge in [-0.15, -0.1) is 11.8 Å². The number of nitrogens with zero attached hydrogens (tertiary/aromatic N) is 1. The molecule has 0 fully saturated rings. The maximum Gasteiger partial charge on any atom is 0.236 e. The fourth-order valence-corrected chi connectivity index (χ4v) is 3.51. The molecule has 1 atom stereocenters. The van der Waals surface area contributed by atoms with Crippen molar-refractivity contribution in [3.8, 4) is 0 Å². The van der Waals surface area contributed by atoms with E-state index in [2.05, 4.69) is 6.42 Å². The van der Waals surface area contributed by atoms with E-state index in [4.69, 9.17) is 11.6 Å². The first-order chi connectivity index (χ1) is 9.65. The van der Waals surface area contributed by atoms with E-state index in [0.29, 0.717) is 5.02 Å². The summed E-state index contributed by atoms with van der Waals surface area (Å²) in [4.78, 5) is 14.9. The fraction of sp³-hybridized carbons (Fsp3) is 0.125. The van der Waals surface area contributed by atoms with E-state index in [9.17, 15) is 4.79 Å². The molecule has 0 spiro atoms. The van der Waals surface area contributed by atoms with Crippen molar-refractivity contribution in [3.63, 3.8) is 0 Å². The minimum absolute atomic E-state index is 0.118. The van der Waals surface area contributed by atoms with Gasteiger partial charge in [0, 0.05) is 17.0 Å². The van der Waals surface area contributed by atoms with Crippen LogP contribution in [-0.2, 0) is 4.79 Å². The number of carbonyl (C=O) groups is 1. The van der Waals surface area contributed by atoms with Gasteiger partial charge in [-0.25, -0.2) is 0 Å². The molecule has 0 aromatic heterocycles. The van der Waals surface area contributed by atoms with Crippen molar-refractivity contribution in [1.29, 1.82) is 0 Å². The number of hydrogen-bond donors (Lipinski definition) is 0. The van der Waals surface area contributed by atoms with Crippen molar-refractivity contribution in [3.05, 3.63) is 65.5 Å².